The van der Waals surface area contributed by atoms with Crippen molar-refractivity contribution in [3.8, 4) is 17.2 Å². The highest BCUT2D eigenvalue weighted by Crippen LogP contribution is 2.31. The highest BCUT2D eigenvalue weighted by Gasteiger charge is 2.13. The molecule has 1 aromatic heterocycles. The van der Waals surface area contributed by atoms with Gasteiger partial charge in [-0.1, -0.05) is 19.1 Å². The Kier molecular flexibility index (Phi) is 5.76. The molecule has 1 heterocycles. The zero-order valence-corrected chi connectivity index (χ0v) is 15.7. The van der Waals surface area contributed by atoms with Gasteiger partial charge in [-0.3, -0.25) is 9.48 Å². The zero-order chi connectivity index (χ0) is 19.2. The lowest BCUT2D eigenvalue weighted by Gasteiger charge is -2.10. The number of benzene rings is 2. The Morgan fingerprint density at radius 2 is 1.81 bits per heavy atom. The highest BCUT2D eigenvalue weighted by molar-refractivity contribution is 6.04. The molecule has 0 bridgehead atoms. The molecule has 0 saturated heterocycles. The smallest absolute Gasteiger partial charge is 0.259 e. The predicted molar refractivity (Wildman–Crippen MR) is 105 cm³/mol. The van der Waals surface area contributed by atoms with Gasteiger partial charge in [0.05, 0.1) is 18.4 Å². The number of carbonyl (C=O) groups excluding carboxylic acids is 1. The van der Waals surface area contributed by atoms with Crippen LogP contribution >= 0.6 is 0 Å². The Balaban J connectivity index is 1.68. The summed E-state index contributed by atoms with van der Waals surface area (Å²) in [6.07, 6.45) is 2.75. The maximum Gasteiger partial charge on any atom is 0.259 e. The van der Waals surface area contributed by atoms with E-state index in [1.807, 2.05) is 31.2 Å². The van der Waals surface area contributed by atoms with Crippen LogP contribution in [0.1, 0.15) is 29.4 Å². The lowest BCUT2D eigenvalue weighted by Crippen LogP contribution is -2.12. The van der Waals surface area contributed by atoms with Crippen LogP contribution in [0.25, 0.3) is 0 Å². The topological polar surface area (TPSA) is 65.4 Å². The van der Waals surface area contributed by atoms with Crippen molar-refractivity contribution in [2.75, 3.05) is 12.4 Å². The molecular formula is C21H23N3O3. The number of rotatable bonds is 7. The summed E-state index contributed by atoms with van der Waals surface area (Å²) in [4.78, 5) is 12.5. The van der Waals surface area contributed by atoms with Gasteiger partial charge in [-0.25, -0.2) is 0 Å². The Bertz CT molecular complexity index is 917. The number of aryl methyl sites for hydroxylation is 2. The molecule has 0 atom stereocenters. The quantitative estimate of drug-likeness (QED) is 0.662. The second-order valence-electron chi connectivity index (χ2n) is 6.12. The molecule has 3 aromatic rings. The molecule has 1 N–H and O–H groups in total. The van der Waals surface area contributed by atoms with Gasteiger partial charge in [-0.2, -0.15) is 5.10 Å². The first-order valence-electron chi connectivity index (χ1n) is 8.87. The van der Waals surface area contributed by atoms with E-state index in [0.29, 0.717) is 28.5 Å². The number of para-hydroxylation sites is 2. The van der Waals surface area contributed by atoms with Crippen LogP contribution in [0.5, 0.6) is 17.2 Å². The van der Waals surface area contributed by atoms with Crippen LogP contribution in [0.15, 0.2) is 54.7 Å². The van der Waals surface area contributed by atoms with Gasteiger partial charge < -0.3 is 14.8 Å². The summed E-state index contributed by atoms with van der Waals surface area (Å²) in [7, 11) is 1.60. The van der Waals surface area contributed by atoms with E-state index in [9.17, 15) is 4.79 Å². The number of aromatic nitrogens is 2. The molecule has 6 heteroatoms. The van der Waals surface area contributed by atoms with Gasteiger partial charge in [-0.15, -0.1) is 0 Å². The van der Waals surface area contributed by atoms with Gasteiger partial charge in [0.25, 0.3) is 5.91 Å². The van der Waals surface area contributed by atoms with Crippen LogP contribution in [0, 0.1) is 6.92 Å². The van der Waals surface area contributed by atoms with Gasteiger partial charge >= 0.3 is 0 Å². The van der Waals surface area contributed by atoms with Gasteiger partial charge in [-0.05, 0) is 49.7 Å². The molecule has 0 saturated carbocycles. The standard InChI is InChI=1S/C21H23N3O3/c1-4-13-24-14-18(15(2)23-24)21(25)22-16-9-11-17(12-10-16)27-20-8-6-5-7-19(20)26-3/h5-12,14H,4,13H2,1-3H3,(H,22,25). The maximum absolute atomic E-state index is 12.5. The third-order valence-electron chi connectivity index (χ3n) is 4.05. The number of amides is 1. The second-order valence-corrected chi connectivity index (χ2v) is 6.12. The summed E-state index contributed by atoms with van der Waals surface area (Å²) in [5.74, 6) is 1.78. The van der Waals surface area contributed by atoms with Crippen molar-refractivity contribution in [1.82, 2.24) is 9.78 Å². The number of methoxy groups -OCH3 is 1. The lowest BCUT2D eigenvalue weighted by molar-refractivity contribution is 0.102. The monoisotopic (exact) mass is 365 g/mol. The summed E-state index contributed by atoms with van der Waals surface area (Å²) >= 11 is 0. The van der Waals surface area contributed by atoms with E-state index in [4.69, 9.17) is 9.47 Å². The van der Waals surface area contributed by atoms with E-state index in [-0.39, 0.29) is 5.91 Å². The molecule has 0 aliphatic carbocycles. The zero-order valence-electron chi connectivity index (χ0n) is 15.7. The third kappa shape index (κ3) is 4.47. The Labute approximate surface area is 158 Å². The molecule has 0 unspecified atom stereocenters. The van der Waals surface area contributed by atoms with Crippen LogP contribution in [0.2, 0.25) is 0 Å². The number of hydrogen-bond donors (Lipinski definition) is 1. The van der Waals surface area contributed by atoms with Gasteiger partial charge in [0, 0.05) is 18.4 Å². The number of nitrogens with one attached hydrogen (secondary N) is 1. The average molecular weight is 365 g/mol. The van der Waals surface area contributed by atoms with Gasteiger partial charge in [0.15, 0.2) is 11.5 Å². The molecule has 0 aliphatic rings. The summed E-state index contributed by atoms with van der Waals surface area (Å²) in [5, 5.41) is 7.26. The fourth-order valence-electron chi connectivity index (χ4n) is 2.72. The Hall–Kier alpha value is -3.28. The van der Waals surface area contributed by atoms with Crippen molar-refractivity contribution >= 4 is 11.6 Å². The number of hydrogen-bond acceptors (Lipinski definition) is 4. The second kappa shape index (κ2) is 8.40. The SMILES string of the molecule is CCCn1cc(C(=O)Nc2ccc(Oc3ccccc3OC)cc2)c(C)n1. The van der Waals surface area contributed by atoms with Crippen molar-refractivity contribution in [1.29, 1.82) is 0 Å². The van der Waals surface area contributed by atoms with E-state index in [2.05, 4.69) is 17.3 Å². The summed E-state index contributed by atoms with van der Waals surface area (Å²) in [6, 6.07) is 14.6. The van der Waals surface area contributed by atoms with E-state index in [1.165, 1.54) is 0 Å². The van der Waals surface area contributed by atoms with Crippen molar-refractivity contribution in [2.24, 2.45) is 0 Å². The minimum Gasteiger partial charge on any atom is -0.493 e. The number of anilines is 1. The van der Waals surface area contributed by atoms with Crippen molar-refractivity contribution in [3.05, 3.63) is 66.0 Å². The molecule has 0 aliphatic heterocycles. The Morgan fingerprint density at radius 1 is 1.11 bits per heavy atom. The van der Waals surface area contributed by atoms with E-state index in [1.54, 1.807) is 42.3 Å². The summed E-state index contributed by atoms with van der Waals surface area (Å²) in [6.45, 7) is 4.71. The third-order valence-corrected chi connectivity index (χ3v) is 4.05. The van der Waals surface area contributed by atoms with E-state index in [0.717, 1.165) is 18.7 Å². The normalized spacial score (nSPS) is 10.5. The largest absolute Gasteiger partial charge is 0.493 e. The van der Waals surface area contributed by atoms with E-state index < -0.39 is 0 Å². The van der Waals surface area contributed by atoms with Crippen LogP contribution in [-0.2, 0) is 6.54 Å². The fraction of sp³-hybridized carbons (Fsp3) is 0.238. The first kappa shape index (κ1) is 18.5. The van der Waals surface area contributed by atoms with E-state index >= 15 is 0 Å². The van der Waals surface area contributed by atoms with Crippen LogP contribution in [0.3, 0.4) is 0 Å². The molecule has 6 nitrogen and oxygen atoms in total. The lowest BCUT2D eigenvalue weighted by atomic mass is 10.2. The molecule has 0 fully saturated rings. The number of carbonyl (C=O) groups is 1. The fourth-order valence-corrected chi connectivity index (χ4v) is 2.72. The first-order valence-corrected chi connectivity index (χ1v) is 8.87. The van der Waals surface area contributed by atoms with Gasteiger partial charge in [0.1, 0.15) is 5.75 Å². The van der Waals surface area contributed by atoms with Crippen molar-refractivity contribution in [3.63, 3.8) is 0 Å². The number of nitrogens with zero attached hydrogens (tertiary/aromatic N) is 2. The maximum atomic E-state index is 12.5. The van der Waals surface area contributed by atoms with Crippen LogP contribution in [-0.4, -0.2) is 22.8 Å². The van der Waals surface area contributed by atoms with Crippen LogP contribution in [0.4, 0.5) is 5.69 Å². The molecule has 1 amide bonds. The molecule has 2 aromatic carbocycles. The van der Waals surface area contributed by atoms with Crippen molar-refractivity contribution < 1.29 is 14.3 Å². The highest BCUT2D eigenvalue weighted by atomic mass is 16.5. The molecule has 0 radical (unpaired) electrons. The average Bonchev–Trinajstić information content (AvgIpc) is 3.04. The molecule has 3 rings (SSSR count). The molecule has 140 valence electrons. The molecular weight excluding hydrogens is 342 g/mol. The summed E-state index contributed by atoms with van der Waals surface area (Å²) in [5.41, 5.74) is 1.99. The van der Waals surface area contributed by atoms with Crippen molar-refractivity contribution in [2.45, 2.75) is 26.8 Å². The molecule has 0 spiro atoms. The van der Waals surface area contributed by atoms with Crippen LogP contribution < -0.4 is 14.8 Å². The van der Waals surface area contributed by atoms with Gasteiger partial charge in [0.2, 0.25) is 0 Å². The number of ether oxygens (including phenoxy) is 2. The molecule has 27 heavy (non-hydrogen) atoms. The first-order chi connectivity index (χ1) is 13.1. The minimum atomic E-state index is -0.173. The summed E-state index contributed by atoms with van der Waals surface area (Å²) < 4.78 is 12.9. The Morgan fingerprint density at radius 3 is 2.48 bits per heavy atom. The predicted octanol–water partition coefficient (Wildman–Crippen LogP) is 4.65. The minimum absolute atomic E-state index is 0.173.